The number of hydrogen-bond acceptors (Lipinski definition) is 4. The third-order valence-corrected chi connectivity index (χ3v) is 7.49. The van der Waals surface area contributed by atoms with Crippen LogP contribution in [0.4, 0.5) is 0 Å². The summed E-state index contributed by atoms with van der Waals surface area (Å²) in [6, 6.07) is 7.36. The van der Waals surface area contributed by atoms with Crippen molar-refractivity contribution in [1.29, 1.82) is 0 Å². The Bertz CT molecular complexity index is 664. The molecular weight excluding hydrogens is 384 g/mol. The zero-order chi connectivity index (χ0) is 21.3. The molecule has 1 aliphatic carbocycles. The summed E-state index contributed by atoms with van der Waals surface area (Å²) >= 11 is 0. The molecule has 31 heavy (non-hydrogen) atoms. The molecule has 3 heterocycles. The van der Waals surface area contributed by atoms with Gasteiger partial charge in [0.15, 0.2) is 5.96 Å². The number of nitrogens with one attached hydrogen (secondary N) is 2. The molecule has 0 aromatic carbocycles. The second-order valence-corrected chi connectivity index (χ2v) is 9.76. The molecule has 6 heteroatoms. The maximum atomic E-state index is 4.52. The highest BCUT2D eigenvalue weighted by molar-refractivity contribution is 5.80. The van der Waals surface area contributed by atoms with Crippen molar-refractivity contribution in [3.05, 3.63) is 30.1 Å². The third-order valence-electron chi connectivity index (χ3n) is 7.49. The molecule has 2 aliphatic heterocycles. The quantitative estimate of drug-likeness (QED) is 0.518. The fourth-order valence-electron chi connectivity index (χ4n) is 5.63. The lowest BCUT2D eigenvalue weighted by molar-refractivity contribution is 0.186. The lowest BCUT2D eigenvalue weighted by atomic mass is 9.89. The molecule has 1 aromatic heterocycles. The first-order valence-electron chi connectivity index (χ1n) is 12.6. The first kappa shape index (κ1) is 22.5. The molecule has 0 spiro atoms. The monoisotopic (exact) mass is 426 g/mol. The summed E-state index contributed by atoms with van der Waals surface area (Å²) in [5.41, 5.74) is 1.17. The van der Waals surface area contributed by atoms with Crippen LogP contribution in [0.5, 0.6) is 0 Å². The van der Waals surface area contributed by atoms with Crippen molar-refractivity contribution in [3.63, 3.8) is 0 Å². The highest BCUT2D eigenvalue weighted by atomic mass is 15.2. The molecule has 2 saturated heterocycles. The van der Waals surface area contributed by atoms with Crippen LogP contribution in [0.15, 0.2) is 29.4 Å². The molecule has 2 N–H and O–H groups in total. The minimum absolute atomic E-state index is 0.508. The summed E-state index contributed by atoms with van der Waals surface area (Å²) < 4.78 is 0. The van der Waals surface area contributed by atoms with E-state index in [0.717, 1.165) is 50.9 Å². The Kier molecular flexibility index (Phi) is 8.59. The fourth-order valence-corrected chi connectivity index (χ4v) is 5.63. The number of hydrogen-bond donors (Lipinski definition) is 2. The first-order chi connectivity index (χ1) is 15.3. The van der Waals surface area contributed by atoms with Crippen LogP contribution in [0.3, 0.4) is 0 Å². The highest BCUT2D eigenvalue weighted by Gasteiger charge is 2.28. The first-order valence-corrected chi connectivity index (χ1v) is 12.6. The summed E-state index contributed by atoms with van der Waals surface area (Å²) in [7, 11) is 1.90. The molecule has 4 rings (SSSR count). The molecule has 0 amide bonds. The van der Waals surface area contributed by atoms with Crippen LogP contribution in [0.25, 0.3) is 0 Å². The summed E-state index contributed by atoms with van der Waals surface area (Å²) in [5.74, 6) is 1.91. The molecule has 6 nitrogen and oxygen atoms in total. The van der Waals surface area contributed by atoms with Crippen molar-refractivity contribution < 1.29 is 0 Å². The zero-order valence-corrected chi connectivity index (χ0v) is 19.4. The van der Waals surface area contributed by atoms with E-state index >= 15 is 0 Å². The molecule has 1 aromatic rings. The highest BCUT2D eigenvalue weighted by Crippen LogP contribution is 2.27. The van der Waals surface area contributed by atoms with E-state index < -0.39 is 0 Å². The SMILES string of the molecule is CN=C(NCC1CCCN1CC1CCCCC1)NC1CCN(Cc2ccccn2)CC1. The Morgan fingerprint density at radius 2 is 1.87 bits per heavy atom. The Morgan fingerprint density at radius 3 is 2.61 bits per heavy atom. The number of nitrogens with zero attached hydrogens (tertiary/aromatic N) is 4. The van der Waals surface area contributed by atoms with E-state index in [1.54, 1.807) is 0 Å². The minimum atomic E-state index is 0.508. The zero-order valence-electron chi connectivity index (χ0n) is 19.4. The van der Waals surface area contributed by atoms with Gasteiger partial charge in [-0.3, -0.25) is 19.8 Å². The van der Waals surface area contributed by atoms with Gasteiger partial charge < -0.3 is 10.6 Å². The van der Waals surface area contributed by atoms with Crippen molar-refractivity contribution in [2.24, 2.45) is 10.9 Å². The molecular formula is C25H42N6. The van der Waals surface area contributed by atoms with Crippen molar-refractivity contribution in [1.82, 2.24) is 25.4 Å². The number of guanidine groups is 1. The number of aliphatic imine (C=N–C) groups is 1. The van der Waals surface area contributed by atoms with Gasteiger partial charge in [-0.05, 0) is 63.1 Å². The Morgan fingerprint density at radius 1 is 1.03 bits per heavy atom. The predicted molar refractivity (Wildman–Crippen MR) is 128 cm³/mol. The van der Waals surface area contributed by atoms with Crippen molar-refractivity contribution in [3.8, 4) is 0 Å². The van der Waals surface area contributed by atoms with Crippen LogP contribution in [0.2, 0.25) is 0 Å². The molecule has 1 atom stereocenters. The van der Waals surface area contributed by atoms with Gasteiger partial charge in [-0.25, -0.2) is 0 Å². The third kappa shape index (κ3) is 6.91. The van der Waals surface area contributed by atoms with E-state index in [0.29, 0.717) is 12.1 Å². The number of piperidine rings is 1. The Balaban J connectivity index is 1.17. The number of pyridine rings is 1. The standard InChI is InChI=1S/C25H42N6/c1-26-25(28-18-24-11-7-15-31(24)19-21-8-3-2-4-9-21)29-22-12-16-30(17-13-22)20-23-10-5-6-14-27-23/h5-6,10,14,21-22,24H,2-4,7-9,11-13,15-20H2,1H3,(H2,26,28,29). The lowest BCUT2D eigenvalue weighted by Crippen LogP contribution is -2.51. The van der Waals surface area contributed by atoms with Crippen LogP contribution < -0.4 is 10.6 Å². The van der Waals surface area contributed by atoms with Crippen molar-refractivity contribution in [2.75, 3.05) is 39.8 Å². The second kappa shape index (κ2) is 11.8. The normalized spacial score (nSPS) is 25.1. The maximum Gasteiger partial charge on any atom is 0.191 e. The van der Waals surface area contributed by atoms with E-state index in [9.17, 15) is 0 Å². The van der Waals surface area contributed by atoms with Crippen molar-refractivity contribution >= 4 is 5.96 Å². The predicted octanol–water partition coefficient (Wildman–Crippen LogP) is 3.26. The van der Waals surface area contributed by atoms with Crippen LogP contribution in [-0.4, -0.2) is 72.6 Å². The van der Waals surface area contributed by atoms with Gasteiger partial charge >= 0.3 is 0 Å². The van der Waals surface area contributed by atoms with Crippen LogP contribution >= 0.6 is 0 Å². The minimum Gasteiger partial charge on any atom is -0.355 e. The largest absolute Gasteiger partial charge is 0.355 e. The smallest absolute Gasteiger partial charge is 0.191 e. The average molecular weight is 427 g/mol. The summed E-state index contributed by atoms with van der Waals surface area (Å²) in [5, 5.41) is 7.34. The van der Waals surface area contributed by atoms with Crippen LogP contribution in [-0.2, 0) is 6.54 Å². The van der Waals surface area contributed by atoms with Gasteiger partial charge in [-0.2, -0.15) is 0 Å². The van der Waals surface area contributed by atoms with E-state index in [1.165, 1.54) is 63.7 Å². The van der Waals surface area contributed by atoms with Gasteiger partial charge in [0.25, 0.3) is 0 Å². The molecule has 0 bridgehead atoms. The maximum absolute atomic E-state index is 4.52. The number of aromatic nitrogens is 1. The Labute approximate surface area is 188 Å². The van der Waals surface area contributed by atoms with Gasteiger partial charge in [-0.15, -0.1) is 0 Å². The van der Waals surface area contributed by atoms with Gasteiger partial charge in [0.05, 0.1) is 5.69 Å². The van der Waals surface area contributed by atoms with Gasteiger partial charge in [-0.1, -0.05) is 25.3 Å². The van der Waals surface area contributed by atoms with Crippen molar-refractivity contribution in [2.45, 2.75) is 76.4 Å². The number of likely N-dealkylation sites (tertiary alicyclic amines) is 2. The van der Waals surface area contributed by atoms with Crippen LogP contribution in [0.1, 0.15) is 63.5 Å². The molecule has 172 valence electrons. The molecule has 1 unspecified atom stereocenters. The van der Waals surface area contributed by atoms with Crippen LogP contribution in [0, 0.1) is 5.92 Å². The molecule has 0 radical (unpaired) electrons. The average Bonchev–Trinajstić information content (AvgIpc) is 3.26. The van der Waals surface area contributed by atoms with E-state index in [1.807, 2.05) is 19.3 Å². The summed E-state index contributed by atoms with van der Waals surface area (Å²) in [4.78, 5) is 14.3. The van der Waals surface area contributed by atoms with Gasteiger partial charge in [0.1, 0.15) is 0 Å². The lowest BCUT2D eigenvalue weighted by Gasteiger charge is -2.33. The second-order valence-electron chi connectivity index (χ2n) is 9.76. The Hall–Kier alpha value is -1.66. The topological polar surface area (TPSA) is 55.8 Å². The number of rotatable bonds is 7. The summed E-state index contributed by atoms with van der Waals surface area (Å²) in [6.07, 6.45) is 14.1. The van der Waals surface area contributed by atoms with Gasteiger partial charge in [0, 0.05) is 58.1 Å². The molecule has 1 saturated carbocycles. The van der Waals surface area contributed by atoms with E-state index in [2.05, 4.69) is 42.5 Å². The molecule has 3 fully saturated rings. The summed E-state index contributed by atoms with van der Waals surface area (Å²) in [6.45, 7) is 6.80. The van der Waals surface area contributed by atoms with Gasteiger partial charge in [0.2, 0.25) is 0 Å². The van der Waals surface area contributed by atoms with E-state index in [-0.39, 0.29) is 0 Å². The fraction of sp³-hybridized carbons (Fsp3) is 0.760. The molecule has 3 aliphatic rings. The van der Waals surface area contributed by atoms with E-state index in [4.69, 9.17) is 0 Å².